The standard InChI is InChI=1S/C16H26N2O2/c1-16(2,10-11-19)12-18-15(20)14(17)9-8-13-6-4-3-5-7-13/h3-7,14,19H,8-12,17H2,1-2H3,(H,18,20)/t14-/m0/s1. The third kappa shape index (κ3) is 6.17. The van der Waals surface area contributed by atoms with Crippen molar-refractivity contribution in [1.82, 2.24) is 5.32 Å². The molecule has 0 aliphatic carbocycles. The van der Waals surface area contributed by atoms with Crippen molar-refractivity contribution in [2.75, 3.05) is 13.2 Å². The summed E-state index contributed by atoms with van der Waals surface area (Å²) in [5.74, 6) is -0.119. The molecular formula is C16H26N2O2. The predicted octanol–water partition coefficient (Wildman–Crippen LogP) is 1.47. The van der Waals surface area contributed by atoms with Crippen molar-refractivity contribution in [3.8, 4) is 0 Å². The van der Waals surface area contributed by atoms with Crippen molar-refractivity contribution in [3.63, 3.8) is 0 Å². The Hall–Kier alpha value is -1.39. The molecule has 1 aromatic carbocycles. The minimum atomic E-state index is -0.486. The summed E-state index contributed by atoms with van der Waals surface area (Å²) in [6, 6.07) is 9.53. The van der Waals surface area contributed by atoms with E-state index >= 15 is 0 Å². The van der Waals surface area contributed by atoms with Crippen LogP contribution < -0.4 is 11.1 Å². The molecule has 0 saturated carbocycles. The van der Waals surface area contributed by atoms with Crippen LogP contribution in [0.4, 0.5) is 0 Å². The van der Waals surface area contributed by atoms with E-state index in [9.17, 15) is 4.79 Å². The van der Waals surface area contributed by atoms with E-state index < -0.39 is 6.04 Å². The van der Waals surface area contributed by atoms with Crippen LogP contribution in [-0.4, -0.2) is 30.2 Å². The smallest absolute Gasteiger partial charge is 0.236 e. The summed E-state index contributed by atoms with van der Waals surface area (Å²) in [7, 11) is 0. The molecule has 0 saturated heterocycles. The highest BCUT2D eigenvalue weighted by Crippen LogP contribution is 2.18. The first-order valence-corrected chi connectivity index (χ1v) is 7.13. The summed E-state index contributed by atoms with van der Waals surface area (Å²) in [6.07, 6.45) is 2.10. The molecule has 4 heteroatoms. The van der Waals surface area contributed by atoms with Crippen molar-refractivity contribution < 1.29 is 9.90 Å². The summed E-state index contributed by atoms with van der Waals surface area (Å²) < 4.78 is 0. The third-order valence-electron chi connectivity index (χ3n) is 3.45. The molecule has 0 unspecified atom stereocenters. The van der Waals surface area contributed by atoms with Gasteiger partial charge in [0.05, 0.1) is 6.04 Å². The van der Waals surface area contributed by atoms with Crippen molar-refractivity contribution in [2.45, 2.75) is 39.2 Å². The van der Waals surface area contributed by atoms with Crippen LogP contribution in [0.15, 0.2) is 30.3 Å². The molecule has 0 aliphatic heterocycles. The number of nitrogens with one attached hydrogen (secondary N) is 1. The lowest BCUT2D eigenvalue weighted by atomic mass is 9.89. The highest BCUT2D eigenvalue weighted by molar-refractivity contribution is 5.81. The molecule has 0 heterocycles. The number of rotatable bonds is 8. The number of nitrogens with two attached hydrogens (primary N) is 1. The molecule has 1 rings (SSSR count). The van der Waals surface area contributed by atoms with Gasteiger partial charge in [-0.2, -0.15) is 0 Å². The zero-order chi connectivity index (χ0) is 15.0. The zero-order valence-electron chi connectivity index (χ0n) is 12.4. The van der Waals surface area contributed by atoms with Crippen molar-refractivity contribution >= 4 is 5.91 Å². The van der Waals surface area contributed by atoms with E-state index in [1.165, 1.54) is 5.56 Å². The van der Waals surface area contributed by atoms with Crippen LogP contribution in [0.3, 0.4) is 0 Å². The number of amides is 1. The Kier molecular flexibility index (Phi) is 6.68. The Labute approximate surface area is 121 Å². The first kappa shape index (κ1) is 16.7. The summed E-state index contributed by atoms with van der Waals surface area (Å²) in [5.41, 5.74) is 6.99. The van der Waals surface area contributed by atoms with Gasteiger partial charge in [0.25, 0.3) is 0 Å². The van der Waals surface area contributed by atoms with E-state index in [0.717, 1.165) is 6.42 Å². The van der Waals surface area contributed by atoms with Crippen LogP contribution in [0.1, 0.15) is 32.3 Å². The van der Waals surface area contributed by atoms with Crippen LogP contribution in [0, 0.1) is 5.41 Å². The predicted molar refractivity (Wildman–Crippen MR) is 81.2 cm³/mol. The molecule has 0 aliphatic rings. The van der Waals surface area contributed by atoms with E-state index in [0.29, 0.717) is 19.4 Å². The second-order valence-electron chi connectivity index (χ2n) is 5.99. The molecule has 0 spiro atoms. The van der Waals surface area contributed by atoms with E-state index in [4.69, 9.17) is 10.8 Å². The Morgan fingerprint density at radius 3 is 2.60 bits per heavy atom. The lowest BCUT2D eigenvalue weighted by Gasteiger charge is -2.24. The Morgan fingerprint density at radius 1 is 1.35 bits per heavy atom. The van der Waals surface area contributed by atoms with Gasteiger partial charge >= 0.3 is 0 Å². The number of carbonyl (C=O) groups excluding carboxylic acids is 1. The lowest BCUT2D eigenvalue weighted by Crippen LogP contribution is -2.44. The van der Waals surface area contributed by atoms with Gasteiger partial charge < -0.3 is 16.2 Å². The highest BCUT2D eigenvalue weighted by Gasteiger charge is 2.20. The van der Waals surface area contributed by atoms with Gasteiger partial charge in [-0.1, -0.05) is 44.2 Å². The summed E-state index contributed by atoms with van der Waals surface area (Å²) in [5, 5.41) is 11.8. The van der Waals surface area contributed by atoms with Crippen LogP contribution in [0.2, 0.25) is 0 Å². The Bertz CT molecular complexity index is 404. The quantitative estimate of drug-likeness (QED) is 0.674. The zero-order valence-corrected chi connectivity index (χ0v) is 12.4. The average Bonchev–Trinajstić information content (AvgIpc) is 2.43. The van der Waals surface area contributed by atoms with Crippen LogP contribution >= 0.6 is 0 Å². The molecule has 4 N–H and O–H groups in total. The van der Waals surface area contributed by atoms with Gasteiger partial charge in [-0.3, -0.25) is 4.79 Å². The number of aliphatic hydroxyl groups is 1. The molecule has 0 radical (unpaired) electrons. The van der Waals surface area contributed by atoms with Gasteiger partial charge in [0.1, 0.15) is 0 Å². The second-order valence-corrected chi connectivity index (χ2v) is 5.99. The molecule has 0 bridgehead atoms. The third-order valence-corrected chi connectivity index (χ3v) is 3.45. The normalized spacial score (nSPS) is 13.0. The molecule has 4 nitrogen and oxygen atoms in total. The van der Waals surface area contributed by atoms with Crippen molar-refractivity contribution in [1.29, 1.82) is 0 Å². The van der Waals surface area contributed by atoms with Gasteiger partial charge in [-0.25, -0.2) is 0 Å². The molecule has 0 aromatic heterocycles. The van der Waals surface area contributed by atoms with Gasteiger partial charge in [-0.15, -0.1) is 0 Å². The molecule has 1 amide bonds. The SMILES string of the molecule is CC(C)(CCO)CNC(=O)[C@@H](N)CCc1ccccc1. The summed E-state index contributed by atoms with van der Waals surface area (Å²) in [4.78, 5) is 11.9. The molecular weight excluding hydrogens is 252 g/mol. The fourth-order valence-corrected chi connectivity index (χ4v) is 1.95. The van der Waals surface area contributed by atoms with Gasteiger partial charge in [0, 0.05) is 13.2 Å². The molecule has 0 fully saturated rings. The van der Waals surface area contributed by atoms with Gasteiger partial charge in [0.2, 0.25) is 5.91 Å². The largest absolute Gasteiger partial charge is 0.396 e. The number of aliphatic hydroxyl groups excluding tert-OH is 1. The minimum absolute atomic E-state index is 0.108. The molecule has 1 aromatic rings. The summed E-state index contributed by atoms with van der Waals surface area (Å²) in [6.45, 7) is 4.69. The van der Waals surface area contributed by atoms with E-state index in [-0.39, 0.29) is 17.9 Å². The minimum Gasteiger partial charge on any atom is -0.396 e. The number of carbonyl (C=O) groups is 1. The lowest BCUT2D eigenvalue weighted by molar-refractivity contribution is -0.123. The molecule has 1 atom stereocenters. The Morgan fingerprint density at radius 2 is 2.00 bits per heavy atom. The van der Waals surface area contributed by atoms with Crippen LogP contribution in [-0.2, 0) is 11.2 Å². The maximum absolute atomic E-state index is 11.9. The van der Waals surface area contributed by atoms with E-state index in [1.807, 2.05) is 44.2 Å². The topological polar surface area (TPSA) is 75.3 Å². The van der Waals surface area contributed by atoms with Gasteiger partial charge in [0.15, 0.2) is 0 Å². The number of hydrogen-bond acceptors (Lipinski definition) is 3. The molecule has 112 valence electrons. The monoisotopic (exact) mass is 278 g/mol. The van der Waals surface area contributed by atoms with Crippen LogP contribution in [0.5, 0.6) is 0 Å². The number of benzene rings is 1. The average molecular weight is 278 g/mol. The first-order chi connectivity index (χ1) is 9.44. The van der Waals surface area contributed by atoms with Crippen LogP contribution in [0.25, 0.3) is 0 Å². The fraction of sp³-hybridized carbons (Fsp3) is 0.562. The summed E-state index contributed by atoms with van der Waals surface area (Å²) >= 11 is 0. The highest BCUT2D eigenvalue weighted by atomic mass is 16.3. The van der Waals surface area contributed by atoms with Gasteiger partial charge in [-0.05, 0) is 30.2 Å². The van der Waals surface area contributed by atoms with E-state index in [1.54, 1.807) is 0 Å². The maximum Gasteiger partial charge on any atom is 0.236 e. The Balaban J connectivity index is 2.32. The maximum atomic E-state index is 11.9. The first-order valence-electron chi connectivity index (χ1n) is 7.13. The second kappa shape index (κ2) is 8.02. The van der Waals surface area contributed by atoms with Crippen molar-refractivity contribution in [2.24, 2.45) is 11.1 Å². The number of aryl methyl sites for hydroxylation is 1. The van der Waals surface area contributed by atoms with E-state index in [2.05, 4.69) is 5.32 Å². The van der Waals surface area contributed by atoms with Crippen molar-refractivity contribution in [3.05, 3.63) is 35.9 Å². The fourth-order valence-electron chi connectivity index (χ4n) is 1.95. The number of hydrogen-bond donors (Lipinski definition) is 3. The molecule has 20 heavy (non-hydrogen) atoms.